The second-order valence-electron chi connectivity index (χ2n) is 7.25. The van der Waals surface area contributed by atoms with Gasteiger partial charge in [0, 0.05) is 32.2 Å². The highest BCUT2D eigenvalue weighted by Gasteiger charge is 2.48. The molecule has 1 unspecified atom stereocenters. The molecule has 1 spiro atoms. The molecule has 3 aliphatic heterocycles. The number of carbonyl (C=O) groups excluding carboxylic acids is 3. The summed E-state index contributed by atoms with van der Waals surface area (Å²) >= 11 is 0. The van der Waals surface area contributed by atoms with E-state index < -0.39 is 5.41 Å². The Labute approximate surface area is 146 Å². The van der Waals surface area contributed by atoms with Crippen molar-refractivity contribution in [3.05, 3.63) is 23.8 Å². The van der Waals surface area contributed by atoms with Gasteiger partial charge in [0.25, 0.3) is 5.91 Å². The van der Waals surface area contributed by atoms with Gasteiger partial charge in [-0.25, -0.2) is 0 Å². The number of rotatable bonds is 1. The maximum absolute atomic E-state index is 12.9. The normalized spacial score (nSPS) is 25.6. The third-order valence-electron chi connectivity index (χ3n) is 5.57. The fourth-order valence-corrected chi connectivity index (χ4v) is 4.18. The largest absolute Gasteiger partial charge is 0.374 e. The number of carbonyl (C=O) groups is 3. The lowest BCUT2D eigenvalue weighted by Crippen LogP contribution is -2.48. The SMILES string of the molecule is CN1CCCC2(CCN(C(=O)c3ccc4c(c3)NC(=O)CN4)C2)C1=O. The minimum Gasteiger partial charge on any atom is -0.374 e. The number of piperidine rings is 1. The Balaban J connectivity index is 1.53. The van der Waals surface area contributed by atoms with Crippen molar-refractivity contribution in [1.82, 2.24) is 9.80 Å². The summed E-state index contributed by atoms with van der Waals surface area (Å²) in [5.41, 5.74) is 1.58. The Bertz CT molecular complexity index is 763. The monoisotopic (exact) mass is 342 g/mol. The zero-order valence-electron chi connectivity index (χ0n) is 14.3. The molecule has 0 aliphatic carbocycles. The molecule has 1 atom stereocenters. The van der Waals surface area contributed by atoms with Crippen LogP contribution in [0.15, 0.2) is 18.2 Å². The fourth-order valence-electron chi connectivity index (χ4n) is 4.18. The van der Waals surface area contributed by atoms with E-state index in [4.69, 9.17) is 0 Å². The van der Waals surface area contributed by atoms with Crippen LogP contribution >= 0.6 is 0 Å². The first-order chi connectivity index (χ1) is 12.0. The molecule has 3 aliphatic rings. The highest BCUT2D eigenvalue weighted by atomic mass is 16.2. The number of anilines is 2. The third-order valence-corrected chi connectivity index (χ3v) is 5.57. The number of fused-ring (bicyclic) bond motifs is 1. The molecule has 2 fully saturated rings. The Morgan fingerprint density at radius 1 is 1.16 bits per heavy atom. The van der Waals surface area contributed by atoms with Crippen LogP contribution in [0.25, 0.3) is 0 Å². The Hall–Kier alpha value is -2.57. The number of likely N-dealkylation sites (tertiary alicyclic amines) is 2. The predicted octanol–water partition coefficient (Wildman–Crippen LogP) is 1.14. The van der Waals surface area contributed by atoms with E-state index in [-0.39, 0.29) is 24.3 Å². The molecular formula is C18H22N4O3. The molecule has 0 bridgehead atoms. The second kappa shape index (κ2) is 5.75. The van der Waals surface area contributed by atoms with E-state index in [1.807, 2.05) is 13.1 Å². The average molecular weight is 342 g/mol. The molecule has 3 heterocycles. The minimum absolute atomic E-state index is 0.0828. The predicted molar refractivity (Wildman–Crippen MR) is 93.4 cm³/mol. The maximum Gasteiger partial charge on any atom is 0.253 e. The highest BCUT2D eigenvalue weighted by Crippen LogP contribution is 2.40. The second-order valence-corrected chi connectivity index (χ2v) is 7.25. The summed E-state index contributed by atoms with van der Waals surface area (Å²) in [5.74, 6) is -0.0375. The third kappa shape index (κ3) is 2.63. The van der Waals surface area contributed by atoms with Crippen LogP contribution in [-0.2, 0) is 9.59 Å². The molecule has 0 saturated carbocycles. The molecule has 7 heteroatoms. The lowest BCUT2D eigenvalue weighted by molar-refractivity contribution is -0.143. The molecule has 7 nitrogen and oxygen atoms in total. The van der Waals surface area contributed by atoms with Gasteiger partial charge in [0.15, 0.2) is 0 Å². The van der Waals surface area contributed by atoms with Crippen molar-refractivity contribution in [2.45, 2.75) is 19.3 Å². The van der Waals surface area contributed by atoms with E-state index in [0.29, 0.717) is 24.3 Å². The van der Waals surface area contributed by atoms with Crippen LogP contribution in [0.2, 0.25) is 0 Å². The Morgan fingerprint density at radius 3 is 2.84 bits per heavy atom. The van der Waals surface area contributed by atoms with Gasteiger partial charge in [-0.3, -0.25) is 14.4 Å². The molecule has 4 rings (SSSR count). The number of hydrogen-bond acceptors (Lipinski definition) is 4. The summed E-state index contributed by atoms with van der Waals surface area (Å²) in [7, 11) is 1.84. The molecule has 0 radical (unpaired) electrons. The minimum atomic E-state index is -0.410. The van der Waals surface area contributed by atoms with Crippen LogP contribution in [0, 0.1) is 5.41 Å². The van der Waals surface area contributed by atoms with Crippen LogP contribution in [0.1, 0.15) is 29.6 Å². The van der Waals surface area contributed by atoms with E-state index in [1.54, 1.807) is 21.9 Å². The van der Waals surface area contributed by atoms with Gasteiger partial charge < -0.3 is 20.4 Å². The van der Waals surface area contributed by atoms with Crippen LogP contribution in [0.3, 0.4) is 0 Å². The van der Waals surface area contributed by atoms with Crippen LogP contribution in [0.4, 0.5) is 11.4 Å². The van der Waals surface area contributed by atoms with Gasteiger partial charge >= 0.3 is 0 Å². The zero-order chi connectivity index (χ0) is 17.6. The summed E-state index contributed by atoms with van der Waals surface area (Å²) in [6.45, 7) is 2.12. The van der Waals surface area contributed by atoms with Crippen molar-refractivity contribution >= 4 is 29.1 Å². The van der Waals surface area contributed by atoms with Crippen molar-refractivity contribution in [1.29, 1.82) is 0 Å². The smallest absolute Gasteiger partial charge is 0.253 e. The molecule has 2 saturated heterocycles. The van der Waals surface area contributed by atoms with Gasteiger partial charge in [-0.15, -0.1) is 0 Å². The van der Waals surface area contributed by atoms with Gasteiger partial charge in [-0.2, -0.15) is 0 Å². The van der Waals surface area contributed by atoms with Crippen molar-refractivity contribution < 1.29 is 14.4 Å². The maximum atomic E-state index is 12.9. The number of hydrogen-bond donors (Lipinski definition) is 2. The number of benzene rings is 1. The van der Waals surface area contributed by atoms with Gasteiger partial charge in [0.2, 0.25) is 11.8 Å². The quantitative estimate of drug-likeness (QED) is 0.802. The lowest BCUT2D eigenvalue weighted by atomic mass is 9.78. The molecular weight excluding hydrogens is 320 g/mol. The highest BCUT2D eigenvalue weighted by molar-refractivity contribution is 6.03. The van der Waals surface area contributed by atoms with Crippen molar-refractivity contribution in [2.24, 2.45) is 5.41 Å². The number of nitrogens with one attached hydrogen (secondary N) is 2. The van der Waals surface area contributed by atoms with Crippen LogP contribution < -0.4 is 10.6 Å². The fraction of sp³-hybridized carbons (Fsp3) is 0.500. The first-order valence-electron chi connectivity index (χ1n) is 8.71. The van der Waals surface area contributed by atoms with Crippen molar-refractivity contribution in [3.63, 3.8) is 0 Å². The van der Waals surface area contributed by atoms with Crippen LogP contribution in [-0.4, -0.2) is 60.7 Å². The molecule has 3 amide bonds. The lowest BCUT2D eigenvalue weighted by Gasteiger charge is -2.37. The van der Waals surface area contributed by atoms with Crippen LogP contribution in [0.5, 0.6) is 0 Å². The Kier molecular flexibility index (Phi) is 3.67. The summed E-state index contributed by atoms with van der Waals surface area (Å²) in [4.78, 5) is 40.6. The van der Waals surface area contributed by atoms with Gasteiger partial charge in [0.1, 0.15) is 0 Å². The van der Waals surface area contributed by atoms with E-state index >= 15 is 0 Å². The van der Waals surface area contributed by atoms with Crippen molar-refractivity contribution in [2.75, 3.05) is 43.9 Å². The van der Waals surface area contributed by atoms with E-state index in [9.17, 15) is 14.4 Å². The summed E-state index contributed by atoms with van der Waals surface area (Å²) in [6.07, 6.45) is 2.57. The summed E-state index contributed by atoms with van der Waals surface area (Å²) in [5, 5.41) is 5.80. The Morgan fingerprint density at radius 2 is 2.00 bits per heavy atom. The number of nitrogens with zero attached hydrogens (tertiary/aromatic N) is 2. The summed E-state index contributed by atoms with van der Waals surface area (Å²) < 4.78 is 0. The first kappa shape index (κ1) is 15.9. The van der Waals surface area contributed by atoms with Crippen molar-refractivity contribution in [3.8, 4) is 0 Å². The zero-order valence-corrected chi connectivity index (χ0v) is 14.3. The van der Waals surface area contributed by atoms with E-state index in [0.717, 1.165) is 31.5 Å². The number of amides is 3. The molecule has 0 aromatic heterocycles. The molecule has 1 aromatic rings. The average Bonchev–Trinajstić information content (AvgIpc) is 3.03. The molecule has 2 N–H and O–H groups in total. The molecule has 1 aromatic carbocycles. The standard InChI is InChI=1S/C18H22N4O3/c1-21-7-2-5-18(17(21)25)6-8-22(11-18)16(24)12-3-4-13-14(9-12)20-15(23)10-19-13/h3-4,9,19H,2,5-8,10-11H2,1H3,(H,20,23). The molecule has 132 valence electrons. The van der Waals surface area contributed by atoms with Gasteiger partial charge in [0.05, 0.1) is 23.3 Å². The van der Waals surface area contributed by atoms with E-state index in [2.05, 4.69) is 10.6 Å². The first-order valence-corrected chi connectivity index (χ1v) is 8.71. The molecule has 25 heavy (non-hydrogen) atoms. The van der Waals surface area contributed by atoms with Gasteiger partial charge in [-0.05, 0) is 37.5 Å². The summed E-state index contributed by atoms with van der Waals surface area (Å²) in [6, 6.07) is 5.29. The van der Waals surface area contributed by atoms with E-state index in [1.165, 1.54) is 0 Å². The topological polar surface area (TPSA) is 81.8 Å². The van der Waals surface area contributed by atoms with Gasteiger partial charge in [-0.1, -0.05) is 0 Å².